The van der Waals surface area contributed by atoms with Gasteiger partial charge < -0.3 is 9.73 Å². The molecule has 0 aliphatic heterocycles. The van der Waals surface area contributed by atoms with Crippen molar-refractivity contribution in [2.45, 2.75) is 6.92 Å². The van der Waals surface area contributed by atoms with Crippen molar-refractivity contribution in [1.29, 1.82) is 0 Å². The Balaban J connectivity index is 1.23. The molecule has 0 spiro atoms. The second-order valence-electron chi connectivity index (χ2n) is 8.15. The van der Waals surface area contributed by atoms with Crippen molar-refractivity contribution < 1.29 is 9.21 Å². The molecule has 0 radical (unpaired) electrons. The molecule has 0 fully saturated rings. The zero-order valence-corrected chi connectivity index (χ0v) is 22.6. The van der Waals surface area contributed by atoms with Crippen LogP contribution >= 0.6 is 46.8 Å². The normalized spacial score (nSPS) is 11.2. The standard InChI is InChI=1S/C28H19Cl2N3O2S2/c1-16-6-7-17(27-31-22-4-2-3-5-25(22)37-27)14-23(16)32-28(36)33-26(34)11-9-21-8-10-24(35-21)18-12-19(29)15-20(30)13-18/h2-15H,1H3,(H2,32,33,34,36)/b11-9+. The Morgan fingerprint density at radius 3 is 2.57 bits per heavy atom. The van der Waals surface area contributed by atoms with Gasteiger partial charge >= 0.3 is 0 Å². The second-order valence-corrected chi connectivity index (χ2v) is 10.5. The van der Waals surface area contributed by atoms with Gasteiger partial charge in [0.25, 0.3) is 0 Å². The minimum atomic E-state index is -0.388. The zero-order valence-electron chi connectivity index (χ0n) is 19.4. The lowest BCUT2D eigenvalue weighted by Gasteiger charge is -2.12. The molecule has 5 rings (SSSR count). The fourth-order valence-corrected chi connectivity index (χ4v) is 5.34. The molecule has 0 atom stereocenters. The fourth-order valence-electron chi connectivity index (χ4n) is 3.64. The van der Waals surface area contributed by atoms with E-state index < -0.39 is 0 Å². The number of hydrogen-bond acceptors (Lipinski definition) is 5. The number of para-hydroxylation sites is 1. The predicted octanol–water partition coefficient (Wildman–Crippen LogP) is 8.36. The number of halogens is 2. The minimum Gasteiger partial charge on any atom is -0.457 e. The molecule has 5 aromatic rings. The number of aromatic nitrogens is 1. The first kappa shape index (κ1) is 25.2. The Hall–Kier alpha value is -3.49. The first-order chi connectivity index (χ1) is 17.8. The van der Waals surface area contributed by atoms with E-state index in [0.717, 1.165) is 37.6 Å². The van der Waals surface area contributed by atoms with Crippen LogP contribution in [0.25, 0.3) is 38.2 Å². The van der Waals surface area contributed by atoms with Gasteiger partial charge in [-0.15, -0.1) is 11.3 Å². The number of amides is 1. The van der Waals surface area contributed by atoms with Crippen LogP contribution in [0.1, 0.15) is 11.3 Å². The summed E-state index contributed by atoms with van der Waals surface area (Å²) < 4.78 is 6.91. The molecule has 0 saturated carbocycles. The summed E-state index contributed by atoms with van der Waals surface area (Å²) in [6.07, 6.45) is 2.92. The van der Waals surface area contributed by atoms with E-state index in [2.05, 4.69) is 16.7 Å². The van der Waals surface area contributed by atoms with Gasteiger partial charge in [0.1, 0.15) is 16.5 Å². The number of hydrogen-bond donors (Lipinski definition) is 2. The molecule has 0 aliphatic carbocycles. The van der Waals surface area contributed by atoms with Gasteiger partial charge in [-0.05, 0) is 79.3 Å². The number of aryl methyl sites for hydroxylation is 1. The highest BCUT2D eigenvalue weighted by Gasteiger charge is 2.10. The molecule has 2 aromatic heterocycles. The third-order valence-electron chi connectivity index (χ3n) is 5.44. The molecule has 0 aliphatic rings. The number of rotatable bonds is 5. The van der Waals surface area contributed by atoms with Gasteiger partial charge in [-0.25, -0.2) is 4.98 Å². The molecule has 5 nitrogen and oxygen atoms in total. The zero-order chi connectivity index (χ0) is 25.9. The number of thiazole rings is 1. The Bertz CT molecular complexity index is 1620. The van der Waals surface area contributed by atoms with E-state index in [-0.39, 0.29) is 11.0 Å². The van der Waals surface area contributed by atoms with E-state index in [0.29, 0.717) is 21.6 Å². The third-order valence-corrected chi connectivity index (χ3v) is 7.16. The van der Waals surface area contributed by atoms with Crippen molar-refractivity contribution in [2.24, 2.45) is 0 Å². The van der Waals surface area contributed by atoms with Crippen LogP contribution in [0.5, 0.6) is 0 Å². The highest BCUT2D eigenvalue weighted by atomic mass is 35.5. The molecule has 1 amide bonds. The third kappa shape index (κ3) is 6.09. The Labute approximate surface area is 232 Å². The van der Waals surface area contributed by atoms with E-state index in [1.807, 2.05) is 43.3 Å². The van der Waals surface area contributed by atoms with E-state index in [1.165, 1.54) is 6.08 Å². The number of furan rings is 1. The van der Waals surface area contributed by atoms with Crippen molar-refractivity contribution in [3.63, 3.8) is 0 Å². The largest absolute Gasteiger partial charge is 0.457 e. The van der Waals surface area contributed by atoms with E-state index in [1.54, 1.807) is 47.7 Å². The molecule has 0 bridgehead atoms. The second kappa shape index (κ2) is 10.9. The Morgan fingerprint density at radius 1 is 1.00 bits per heavy atom. The van der Waals surface area contributed by atoms with Crippen LogP contribution in [0, 0.1) is 6.92 Å². The first-order valence-corrected chi connectivity index (χ1v) is 13.1. The average molecular weight is 565 g/mol. The van der Waals surface area contributed by atoms with E-state index >= 15 is 0 Å². The quantitative estimate of drug-likeness (QED) is 0.166. The van der Waals surface area contributed by atoms with Gasteiger partial charge in [-0.2, -0.15) is 0 Å². The Kier molecular flexibility index (Phi) is 7.39. The molecular formula is C28H19Cl2N3O2S2. The summed E-state index contributed by atoms with van der Waals surface area (Å²) in [5, 5.41) is 7.91. The topological polar surface area (TPSA) is 67.2 Å². The van der Waals surface area contributed by atoms with Crippen LogP contribution in [0.4, 0.5) is 5.69 Å². The monoisotopic (exact) mass is 563 g/mol. The van der Waals surface area contributed by atoms with E-state index in [9.17, 15) is 4.79 Å². The summed E-state index contributed by atoms with van der Waals surface area (Å²) in [4.78, 5) is 17.2. The SMILES string of the molecule is Cc1ccc(-c2nc3ccccc3s2)cc1NC(=S)NC(=O)/C=C/c1ccc(-c2cc(Cl)cc(Cl)c2)o1. The molecule has 2 N–H and O–H groups in total. The summed E-state index contributed by atoms with van der Waals surface area (Å²) in [5.74, 6) is 0.700. The van der Waals surface area contributed by atoms with E-state index in [4.69, 9.17) is 44.8 Å². The average Bonchev–Trinajstić information content (AvgIpc) is 3.51. The molecule has 37 heavy (non-hydrogen) atoms. The number of fused-ring (bicyclic) bond motifs is 1. The van der Waals surface area contributed by atoms with Gasteiger partial charge in [0, 0.05) is 32.9 Å². The van der Waals surface area contributed by atoms with Crippen LogP contribution in [-0.2, 0) is 4.79 Å². The van der Waals surface area contributed by atoms with Crippen LogP contribution in [0.3, 0.4) is 0 Å². The summed E-state index contributed by atoms with van der Waals surface area (Å²) in [6, 6.07) is 22.7. The Morgan fingerprint density at radius 2 is 1.78 bits per heavy atom. The molecular weight excluding hydrogens is 545 g/mol. The number of carbonyl (C=O) groups excluding carboxylic acids is 1. The number of nitrogens with one attached hydrogen (secondary N) is 2. The van der Waals surface area contributed by atoms with Crippen molar-refractivity contribution in [1.82, 2.24) is 10.3 Å². The number of carbonyl (C=O) groups is 1. The summed E-state index contributed by atoms with van der Waals surface area (Å²) in [7, 11) is 0. The van der Waals surface area contributed by atoms with Crippen molar-refractivity contribution in [3.05, 3.63) is 100 Å². The number of thiocarbonyl (C=S) groups is 1. The fraction of sp³-hybridized carbons (Fsp3) is 0.0357. The number of nitrogens with zero attached hydrogens (tertiary/aromatic N) is 1. The highest BCUT2D eigenvalue weighted by molar-refractivity contribution is 7.80. The molecule has 3 aromatic carbocycles. The van der Waals surface area contributed by atoms with Crippen LogP contribution in [-0.4, -0.2) is 16.0 Å². The lowest BCUT2D eigenvalue weighted by atomic mass is 10.1. The van der Waals surface area contributed by atoms with Crippen LogP contribution < -0.4 is 10.6 Å². The first-order valence-electron chi connectivity index (χ1n) is 11.2. The maximum absolute atomic E-state index is 12.4. The van der Waals surface area contributed by atoms with Crippen molar-refractivity contribution >= 4 is 79.8 Å². The molecule has 0 unspecified atom stereocenters. The van der Waals surface area contributed by atoms with Crippen LogP contribution in [0.15, 0.2) is 83.3 Å². The van der Waals surface area contributed by atoms with Gasteiger partial charge in [0.15, 0.2) is 5.11 Å². The summed E-state index contributed by atoms with van der Waals surface area (Å²) >= 11 is 19.1. The maximum Gasteiger partial charge on any atom is 0.250 e. The molecule has 184 valence electrons. The van der Waals surface area contributed by atoms with Crippen LogP contribution in [0.2, 0.25) is 10.0 Å². The van der Waals surface area contributed by atoms with Crippen molar-refractivity contribution in [3.8, 4) is 21.9 Å². The number of benzene rings is 3. The molecule has 9 heteroatoms. The predicted molar refractivity (Wildman–Crippen MR) is 157 cm³/mol. The van der Waals surface area contributed by atoms with Crippen molar-refractivity contribution in [2.75, 3.05) is 5.32 Å². The van der Waals surface area contributed by atoms with Gasteiger partial charge in [-0.1, -0.05) is 47.5 Å². The molecule has 2 heterocycles. The molecule has 0 saturated heterocycles. The van der Waals surface area contributed by atoms with Gasteiger partial charge in [0.05, 0.1) is 10.2 Å². The maximum atomic E-state index is 12.4. The lowest BCUT2D eigenvalue weighted by Crippen LogP contribution is -2.33. The summed E-state index contributed by atoms with van der Waals surface area (Å²) in [5.41, 5.74) is 4.46. The highest BCUT2D eigenvalue weighted by Crippen LogP contribution is 2.32. The lowest BCUT2D eigenvalue weighted by molar-refractivity contribution is -0.115. The summed E-state index contributed by atoms with van der Waals surface area (Å²) in [6.45, 7) is 1.97. The van der Waals surface area contributed by atoms with Gasteiger partial charge in [-0.3, -0.25) is 10.1 Å². The number of anilines is 1. The smallest absolute Gasteiger partial charge is 0.250 e. The van der Waals surface area contributed by atoms with Gasteiger partial charge in [0.2, 0.25) is 5.91 Å². The minimum absolute atomic E-state index is 0.188.